The van der Waals surface area contributed by atoms with Crippen LogP contribution in [-0.4, -0.2) is 14.8 Å². The van der Waals surface area contributed by atoms with Crippen LogP contribution in [0.3, 0.4) is 0 Å². The molecule has 0 saturated heterocycles. The first-order chi connectivity index (χ1) is 9.12. The van der Waals surface area contributed by atoms with Gasteiger partial charge in [0.1, 0.15) is 5.82 Å². The van der Waals surface area contributed by atoms with Gasteiger partial charge in [-0.3, -0.25) is 4.57 Å². The number of rotatable bonds is 1. The summed E-state index contributed by atoms with van der Waals surface area (Å²) in [7, 11) is 0. The Labute approximate surface area is 126 Å². The molecule has 1 aromatic carbocycles. The van der Waals surface area contributed by atoms with E-state index in [9.17, 15) is 0 Å². The van der Waals surface area contributed by atoms with Crippen molar-refractivity contribution in [3.05, 3.63) is 40.9 Å². The van der Waals surface area contributed by atoms with E-state index in [4.69, 9.17) is 11.6 Å². The normalized spacial score (nSPS) is 12.8. The van der Waals surface area contributed by atoms with Crippen LogP contribution < -0.4 is 0 Å². The molecule has 0 atom stereocenters. The van der Waals surface area contributed by atoms with Gasteiger partial charge < -0.3 is 0 Å². The first-order valence-corrected chi connectivity index (χ1v) is 7.21. The monoisotopic (exact) mass is 291 g/mol. The molecule has 2 aromatic rings. The van der Waals surface area contributed by atoms with Gasteiger partial charge in [0.15, 0.2) is 0 Å². The van der Waals surface area contributed by atoms with Gasteiger partial charge >= 0.3 is 0 Å². The van der Waals surface area contributed by atoms with Gasteiger partial charge in [0.2, 0.25) is 5.28 Å². The number of para-hydroxylation sites is 1. The minimum absolute atomic E-state index is 0.0271. The van der Waals surface area contributed by atoms with Crippen LogP contribution in [0.5, 0.6) is 0 Å². The smallest absolute Gasteiger partial charge is 0.229 e. The third kappa shape index (κ3) is 2.73. The molecular weight excluding hydrogens is 270 g/mol. The van der Waals surface area contributed by atoms with Crippen LogP contribution in [0.15, 0.2) is 24.3 Å². The summed E-state index contributed by atoms with van der Waals surface area (Å²) in [4.78, 5) is 0. The third-order valence-electron chi connectivity index (χ3n) is 3.25. The summed E-state index contributed by atoms with van der Waals surface area (Å²) in [6.45, 7) is 12.9. The fraction of sp³-hybridized carbons (Fsp3) is 0.500. The molecule has 0 radical (unpaired) electrons. The minimum Gasteiger partial charge on any atom is -0.269 e. The largest absolute Gasteiger partial charge is 0.269 e. The molecule has 1 heterocycles. The summed E-state index contributed by atoms with van der Waals surface area (Å²) in [6.07, 6.45) is 0. The number of hydrogen-bond donors (Lipinski definition) is 0. The molecular formula is C16H22ClN3. The third-order valence-corrected chi connectivity index (χ3v) is 3.49. The van der Waals surface area contributed by atoms with Crippen molar-refractivity contribution in [2.45, 2.75) is 52.4 Å². The van der Waals surface area contributed by atoms with Crippen molar-refractivity contribution in [1.29, 1.82) is 0 Å². The first-order valence-electron chi connectivity index (χ1n) is 6.83. The van der Waals surface area contributed by atoms with Gasteiger partial charge in [0.25, 0.3) is 0 Å². The van der Waals surface area contributed by atoms with Crippen LogP contribution in [0.1, 0.15) is 52.9 Å². The lowest BCUT2D eigenvalue weighted by Crippen LogP contribution is -2.21. The summed E-state index contributed by atoms with van der Waals surface area (Å²) in [5.41, 5.74) is 2.19. The maximum atomic E-state index is 6.30. The van der Waals surface area contributed by atoms with E-state index >= 15 is 0 Å². The van der Waals surface area contributed by atoms with Gasteiger partial charge in [-0.05, 0) is 28.6 Å². The van der Waals surface area contributed by atoms with Crippen molar-refractivity contribution in [3.63, 3.8) is 0 Å². The number of aromatic nitrogens is 3. The lowest BCUT2D eigenvalue weighted by Gasteiger charge is -2.26. The Morgan fingerprint density at radius 2 is 1.50 bits per heavy atom. The molecule has 0 saturated carbocycles. The highest BCUT2D eigenvalue weighted by Crippen LogP contribution is 2.33. The first kappa shape index (κ1) is 15.0. The minimum atomic E-state index is -0.120. The lowest BCUT2D eigenvalue weighted by molar-refractivity contribution is 0.528. The van der Waals surface area contributed by atoms with Gasteiger partial charge in [-0.2, -0.15) is 0 Å². The summed E-state index contributed by atoms with van der Waals surface area (Å²) < 4.78 is 1.96. The highest BCUT2D eigenvalue weighted by Gasteiger charge is 2.27. The fourth-order valence-electron chi connectivity index (χ4n) is 2.27. The van der Waals surface area contributed by atoms with E-state index in [1.807, 2.05) is 10.6 Å². The molecule has 0 amide bonds. The van der Waals surface area contributed by atoms with Crippen LogP contribution in [0.4, 0.5) is 0 Å². The number of benzene rings is 1. The number of hydrogen-bond acceptors (Lipinski definition) is 2. The molecule has 0 bridgehead atoms. The maximum Gasteiger partial charge on any atom is 0.229 e. The van der Waals surface area contributed by atoms with E-state index in [2.05, 4.69) is 69.9 Å². The van der Waals surface area contributed by atoms with Crippen molar-refractivity contribution < 1.29 is 0 Å². The predicted molar refractivity (Wildman–Crippen MR) is 83.8 cm³/mol. The van der Waals surface area contributed by atoms with Crippen molar-refractivity contribution in [3.8, 4) is 5.69 Å². The molecule has 108 valence electrons. The van der Waals surface area contributed by atoms with Gasteiger partial charge in [-0.25, -0.2) is 0 Å². The summed E-state index contributed by atoms with van der Waals surface area (Å²) >= 11 is 6.30. The second-order valence-electron chi connectivity index (χ2n) is 7.15. The zero-order valence-corrected chi connectivity index (χ0v) is 13.8. The Morgan fingerprint density at radius 1 is 0.900 bits per heavy atom. The highest BCUT2D eigenvalue weighted by molar-refractivity contribution is 6.28. The zero-order valence-electron chi connectivity index (χ0n) is 13.0. The summed E-state index contributed by atoms with van der Waals surface area (Å²) in [5.74, 6) is 0.874. The maximum absolute atomic E-state index is 6.30. The molecule has 4 heteroatoms. The van der Waals surface area contributed by atoms with Crippen LogP contribution >= 0.6 is 11.6 Å². The van der Waals surface area contributed by atoms with E-state index < -0.39 is 0 Å². The predicted octanol–water partition coefficient (Wildman–Crippen LogP) is 4.52. The molecule has 20 heavy (non-hydrogen) atoms. The standard InChI is InChI=1S/C16H22ClN3/c1-15(2,3)11-9-7-8-10-12(11)20-13(16(4,5)6)18-19-14(20)17/h7-10H,1-6H3. The molecule has 0 spiro atoms. The van der Waals surface area contributed by atoms with Crippen molar-refractivity contribution >= 4 is 11.6 Å². The molecule has 3 nitrogen and oxygen atoms in total. The molecule has 0 unspecified atom stereocenters. The van der Waals surface area contributed by atoms with Gasteiger partial charge in [-0.1, -0.05) is 59.7 Å². The average molecular weight is 292 g/mol. The highest BCUT2D eigenvalue weighted by atomic mass is 35.5. The van der Waals surface area contributed by atoms with Crippen LogP contribution in [0, 0.1) is 0 Å². The van der Waals surface area contributed by atoms with Crippen LogP contribution in [-0.2, 0) is 10.8 Å². The topological polar surface area (TPSA) is 30.7 Å². The molecule has 0 N–H and O–H groups in total. The summed E-state index contributed by atoms with van der Waals surface area (Å²) in [6, 6.07) is 8.29. The van der Waals surface area contributed by atoms with E-state index in [1.54, 1.807) is 0 Å². The Morgan fingerprint density at radius 3 is 2.05 bits per heavy atom. The van der Waals surface area contributed by atoms with Crippen molar-refractivity contribution in [2.75, 3.05) is 0 Å². The SMILES string of the molecule is CC(C)(C)c1ccccc1-n1c(Cl)nnc1C(C)(C)C. The van der Waals surface area contributed by atoms with E-state index in [0.29, 0.717) is 5.28 Å². The van der Waals surface area contributed by atoms with Crippen molar-refractivity contribution in [2.24, 2.45) is 0 Å². The van der Waals surface area contributed by atoms with Gasteiger partial charge in [-0.15, -0.1) is 10.2 Å². The van der Waals surface area contributed by atoms with E-state index in [1.165, 1.54) is 5.56 Å². The van der Waals surface area contributed by atoms with Gasteiger partial charge in [0, 0.05) is 5.41 Å². The van der Waals surface area contributed by atoms with Gasteiger partial charge in [0.05, 0.1) is 5.69 Å². The Bertz CT molecular complexity index is 615. The Kier molecular flexibility index (Phi) is 3.67. The average Bonchev–Trinajstić information content (AvgIpc) is 2.69. The zero-order chi connectivity index (χ0) is 15.1. The molecule has 2 rings (SSSR count). The molecule has 0 aliphatic rings. The molecule has 0 aliphatic heterocycles. The summed E-state index contributed by atoms with van der Waals surface area (Å²) in [5, 5.41) is 8.74. The van der Waals surface area contributed by atoms with Crippen molar-refractivity contribution in [1.82, 2.24) is 14.8 Å². The Hall–Kier alpha value is -1.35. The number of halogens is 1. The fourth-order valence-corrected chi connectivity index (χ4v) is 2.48. The molecule has 0 fully saturated rings. The van der Waals surface area contributed by atoms with Crippen LogP contribution in [0.25, 0.3) is 5.69 Å². The van der Waals surface area contributed by atoms with E-state index in [0.717, 1.165) is 11.5 Å². The molecule has 1 aromatic heterocycles. The quantitative estimate of drug-likeness (QED) is 0.773. The molecule has 0 aliphatic carbocycles. The van der Waals surface area contributed by atoms with E-state index in [-0.39, 0.29) is 10.8 Å². The number of nitrogens with zero attached hydrogens (tertiary/aromatic N) is 3. The Balaban J connectivity index is 2.74. The van der Waals surface area contributed by atoms with Crippen LogP contribution in [0.2, 0.25) is 5.28 Å². The second-order valence-corrected chi connectivity index (χ2v) is 7.48. The lowest BCUT2D eigenvalue weighted by atomic mass is 9.85. The second kappa shape index (κ2) is 4.88.